The van der Waals surface area contributed by atoms with Crippen molar-refractivity contribution in [2.45, 2.75) is 12.8 Å². The standard InChI is InChI=1S/C9H9Cl2FO/c10-7-4-6(2-1-3-13)5-8(11)9(7)12/h4-5,13H,1-3H2. The van der Waals surface area contributed by atoms with Crippen LogP contribution in [-0.2, 0) is 6.42 Å². The number of aliphatic hydroxyl groups excluding tert-OH is 1. The molecule has 1 aromatic rings. The van der Waals surface area contributed by atoms with Crippen molar-refractivity contribution in [3.8, 4) is 0 Å². The topological polar surface area (TPSA) is 20.2 Å². The molecule has 0 radical (unpaired) electrons. The van der Waals surface area contributed by atoms with Gasteiger partial charge < -0.3 is 5.11 Å². The summed E-state index contributed by atoms with van der Waals surface area (Å²) in [5.41, 5.74) is 0.838. The zero-order valence-electron chi connectivity index (χ0n) is 6.86. The van der Waals surface area contributed by atoms with Crippen molar-refractivity contribution >= 4 is 23.2 Å². The molecule has 0 aliphatic heterocycles. The average molecular weight is 223 g/mol. The zero-order valence-corrected chi connectivity index (χ0v) is 8.37. The maximum absolute atomic E-state index is 12.9. The summed E-state index contributed by atoms with van der Waals surface area (Å²) in [5, 5.41) is 8.64. The molecule has 0 fully saturated rings. The van der Waals surface area contributed by atoms with E-state index < -0.39 is 5.82 Å². The Hall–Kier alpha value is -0.310. The molecule has 0 bridgehead atoms. The second kappa shape index (κ2) is 4.80. The predicted molar refractivity (Wildman–Crippen MR) is 51.8 cm³/mol. The van der Waals surface area contributed by atoms with E-state index in [-0.39, 0.29) is 16.7 Å². The summed E-state index contributed by atoms with van der Waals surface area (Å²) >= 11 is 11.2. The van der Waals surface area contributed by atoms with Gasteiger partial charge in [0.1, 0.15) is 0 Å². The quantitative estimate of drug-likeness (QED) is 0.780. The highest BCUT2D eigenvalue weighted by Crippen LogP contribution is 2.25. The van der Waals surface area contributed by atoms with Gasteiger partial charge in [-0.2, -0.15) is 0 Å². The van der Waals surface area contributed by atoms with E-state index in [9.17, 15) is 4.39 Å². The van der Waals surface area contributed by atoms with Gasteiger partial charge in [0.2, 0.25) is 0 Å². The summed E-state index contributed by atoms with van der Waals surface area (Å²) in [7, 11) is 0. The first-order valence-electron chi connectivity index (χ1n) is 3.89. The Morgan fingerprint density at radius 2 is 1.77 bits per heavy atom. The molecule has 0 unspecified atom stereocenters. The van der Waals surface area contributed by atoms with Crippen LogP contribution in [-0.4, -0.2) is 11.7 Å². The molecule has 0 heterocycles. The molecule has 0 saturated carbocycles. The van der Waals surface area contributed by atoms with Gasteiger partial charge in [0.15, 0.2) is 5.82 Å². The molecule has 1 N–H and O–H groups in total. The highest BCUT2D eigenvalue weighted by molar-refractivity contribution is 6.34. The van der Waals surface area contributed by atoms with Crippen LogP contribution in [0.2, 0.25) is 10.0 Å². The average Bonchev–Trinajstić information content (AvgIpc) is 2.10. The molecule has 0 aliphatic carbocycles. The van der Waals surface area contributed by atoms with Crippen LogP contribution < -0.4 is 0 Å². The van der Waals surface area contributed by atoms with E-state index in [2.05, 4.69) is 0 Å². The van der Waals surface area contributed by atoms with Crippen molar-refractivity contribution in [3.63, 3.8) is 0 Å². The smallest absolute Gasteiger partial charge is 0.160 e. The van der Waals surface area contributed by atoms with E-state index >= 15 is 0 Å². The molecule has 0 atom stereocenters. The molecule has 13 heavy (non-hydrogen) atoms. The highest BCUT2D eigenvalue weighted by atomic mass is 35.5. The van der Waals surface area contributed by atoms with Gasteiger partial charge in [0.05, 0.1) is 10.0 Å². The number of aliphatic hydroxyl groups is 1. The molecule has 0 aromatic heterocycles. The van der Waals surface area contributed by atoms with Crippen LogP contribution in [0, 0.1) is 5.82 Å². The summed E-state index contributed by atoms with van der Waals surface area (Å²) < 4.78 is 12.9. The van der Waals surface area contributed by atoms with Crippen molar-refractivity contribution in [3.05, 3.63) is 33.6 Å². The van der Waals surface area contributed by atoms with Crippen LogP contribution in [0.4, 0.5) is 4.39 Å². The Balaban J connectivity index is 2.86. The van der Waals surface area contributed by atoms with Gasteiger partial charge >= 0.3 is 0 Å². The molecule has 0 saturated heterocycles. The van der Waals surface area contributed by atoms with Gasteiger partial charge in [-0.05, 0) is 30.5 Å². The lowest BCUT2D eigenvalue weighted by Gasteiger charge is -2.03. The molecule has 0 spiro atoms. The summed E-state index contributed by atoms with van der Waals surface area (Å²) in [6.45, 7) is 0.104. The fourth-order valence-corrected chi connectivity index (χ4v) is 1.57. The zero-order chi connectivity index (χ0) is 9.84. The maximum Gasteiger partial charge on any atom is 0.160 e. The third-order valence-electron chi connectivity index (χ3n) is 1.67. The molecular formula is C9H9Cl2FO. The number of benzene rings is 1. The minimum absolute atomic E-state index is 0.0282. The normalized spacial score (nSPS) is 10.5. The Kier molecular flexibility index (Phi) is 3.97. The van der Waals surface area contributed by atoms with Crippen LogP contribution in [0.5, 0.6) is 0 Å². The Bertz CT molecular complexity index is 279. The molecule has 1 aromatic carbocycles. The Morgan fingerprint density at radius 1 is 1.23 bits per heavy atom. The van der Waals surface area contributed by atoms with Crippen molar-refractivity contribution in [1.82, 2.24) is 0 Å². The number of hydrogen-bond donors (Lipinski definition) is 1. The largest absolute Gasteiger partial charge is 0.396 e. The van der Waals surface area contributed by atoms with E-state index in [1.165, 1.54) is 12.1 Å². The van der Waals surface area contributed by atoms with E-state index in [0.717, 1.165) is 5.56 Å². The van der Waals surface area contributed by atoms with Crippen molar-refractivity contribution in [2.24, 2.45) is 0 Å². The number of hydrogen-bond acceptors (Lipinski definition) is 1. The SMILES string of the molecule is OCCCc1cc(Cl)c(F)c(Cl)c1. The Morgan fingerprint density at radius 3 is 2.23 bits per heavy atom. The number of aryl methyl sites for hydroxylation is 1. The molecule has 1 rings (SSSR count). The van der Waals surface area contributed by atoms with E-state index in [4.69, 9.17) is 28.3 Å². The summed E-state index contributed by atoms with van der Waals surface area (Å²) in [5.74, 6) is -0.587. The fourth-order valence-electron chi connectivity index (χ4n) is 1.04. The number of rotatable bonds is 3. The van der Waals surface area contributed by atoms with Gasteiger partial charge in [-0.15, -0.1) is 0 Å². The third-order valence-corrected chi connectivity index (χ3v) is 2.22. The predicted octanol–water partition coefficient (Wildman–Crippen LogP) is 3.06. The fraction of sp³-hybridized carbons (Fsp3) is 0.333. The van der Waals surface area contributed by atoms with E-state index in [1.807, 2.05) is 0 Å². The minimum Gasteiger partial charge on any atom is -0.396 e. The van der Waals surface area contributed by atoms with Gasteiger partial charge in [-0.3, -0.25) is 0 Å². The summed E-state index contributed by atoms with van der Waals surface area (Å²) in [4.78, 5) is 0. The lowest BCUT2D eigenvalue weighted by Crippen LogP contribution is -1.91. The first kappa shape index (κ1) is 10.8. The molecule has 0 aliphatic rings. The second-order valence-corrected chi connectivity index (χ2v) is 3.52. The summed E-state index contributed by atoms with van der Waals surface area (Å²) in [6, 6.07) is 3.05. The highest BCUT2D eigenvalue weighted by Gasteiger charge is 2.06. The van der Waals surface area contributed by atoms with Crippen LogP contribution >= 0.6 is 23.2 Å². The monoisotopic (exact) mass is 222 g/mol. The first-order valence-corrected chi connectivity index (χ1v) is 4.65. The van der Waals surface area contributed by atoms with Crippen molar-refractivity contribution in [2.75, 3.05) is 6.61 Å². The van der Waals surface area contributed by atoms with Gasteiger partial charge in [-0.25, -0.2) is 4.39 Å². The van der Waals surface area contributed by atoms with Gasteiger partial charge in [0, 0.05) is 6.61 Å². The lowest BCUT2D eigenvalue weighted by atomic mass is 10.1. The van der Waals surface area contributed by atoms with Gasteiger partial charge in [0.25, 0.3) is 0 Å². The van der Waals surface area contributed by atoms with E-state index in [0.29, 0.717) is 12.8 Å². The molecule has 1 nitrogen and oxygen atoms in total. The first-order chi connectivity index (χ1) is 6.15. The van der Waals surface area contributed by atoms with Crippen LogP contribution in [0.25, 0.3) is 0 Å². The molecular weight excluding hydrogens is 214 g/mol. The second-order valence-electron chi connectivity index (χ2n) is 2.70. The van der Waals surface area contributed by atoms with Crippen molar-refractivity contribution < 1.29 is 9.50 Å². The Labute approximate surface area is 86.1 Å². The molecule has 72 valence electrons. The third kappa shape index (κ3) is 2.83. The van der Waals surface area contributed by atoms with Crippen LogP contribution in [0.3, 0.4) is 0 Å². The lowest BCUT2D eigenvalue weighted by molar-refractivity contribution is 0.288. The summed E-state index contributed by atoms with van der Waals surface area (Å²) in [6.07, 6.45) is 1.27. The maximum atomic E-state index is 12.9. The molecule has 4 heteroatoms. The molecule has 0 amide bonds. The van der Waals surface area contributed by atoms with Crippen molar-refractivity contribution in [1.29, 1.82) is 0 Å². The minimum atomic E-state index is -0.587. The van der Waals surface area contributed by atoms with Gasteiger partial charge in [-0.1, -0.05) is 23.2 Å². The van der Waals surface area contributed by atoms with Crippen LogP contribution in [0.1, 0.15) is 12.0 Å². The van der Waals surface area contributed by atoms with Crippen LogP contribution in [0.15, 0.2) is 12.1 Å². The van der Waals surface area contributed by atoms with E-state index in [1.54, 1.807) is 0 Å². The number of halogens is 3.